The molecule has 1 aliphatic rings. The Bertz CT molecular complexity index is 280. The molecule has 2 atom stereocenters. The summed E-state index contributed by atoms with van der Waals surface area (Å²) in [5.41, 5.74) is 0. The van der Waals surface area contributed by atoms with Crippen LogP contribution in [0.1, 0.15) is 19.8 Å². The summed E-state index contributed by atoms with van der Waals surface area (Å²) in [6.45, 7) is 3.22. The predicted molar refractivity (Wildman–Crippen MR) is 60.2 cm³/mol. The molecule has 0 aromatic carbocycles. The molecule has 0 aromatic rings. The number of amides is 2. The van der Waals surface area contributed by atoms with E-state index in [4.69, 9.17) is 5.11 Å². The van der Waals surface area contributed by atoms with E-state index in [1.54, 1.807) is 19.0 Å². The highest BCUT2D eigenvalue weighted by molar-refractivity contribution is 5.75. The molecule has 0 aliphatic heterocycles. The number of aliphatic carboxylic acids is 1. The average Bonchev–Trinajstić information content (AvgIpc) is 2.89. The zero-order chi connectivity index (χ0) is 12.3. The van der Waals surface area contributed by atoms with E-state index in [1.807, 2.05) is 0 Å². The van der Waals surface area contributed by atoms with Crippen LogP contribution in [-0.4, -0.2) is 54.1 Å². The van der Waals surface area contributed by atoms with E-state index in [0.29, 0.717) is 5.92 Å². The van der Waals surface area contributed by atoms with Crippen molar-refractivity contribution >= 4 is 12.0 Å². The summed E-state index contributed by atoms with van der Waals surface area (Å²) in [4.78, 5) is 25.3. The molecule has 0 heterocycles. The summed E-state index contributed by atoms with van der Waals surface area (Å²) >= 11 is 0. The molecule has 5 nitrogen and oxygen atoms in total. The van der Waals surface area contributed by atoms with Crippen molar-refractivity contribution in [2.75, 3.05) is 27.2 Å². The number of hydrogen-bond acceptors (Lipinski definition) is 2. The Hall–Kier alpha value is -1.26. The second kappa shape index (κ2) is 5.18. The van der Waals surface area contributed by atoms with Gasteiger partial charge in [0.25, 0.3) is 0 Å². The van der Waals surface area contributed by atoms with Gasteiger partial charge >= 0.3 is 12.0 Å². The summed E-state index contributed by atoms with van der Waals surface area (Å²) in [5.74, 6) is 0.472. The number of carboxylic acid groups (broad SMARTS) is 1. The lowest BCUT2D eigenvalue weighted by atomic mass is 10.3. The van der Waals surface area contributed by atoms with Crippen molar-refractivity contribution in [1.29, 1.82) is 0 Å². The van der Waals surface area contributed by atoms with Gasteiger partial charge in [0, 0.05) is 27.2 Å². The van der Waals surface area contributed by atoms with Gasteiger partial charge in [-0.3, -0.25) is 4.79 Å². The number of nitrogens with zero attached hydrogens (tertiary/aromatic N) is 2. The van der Waals surface area contributed by atoms with E-state index in [2.05, 4.69) is 6.92 Å². The summed E-state index contributed by atoms with van der Waals surface area (Å²) in [7, 11) is 3.41. The van der Waals surface area contributed by atoms with Gasteiger partial charge in [0.05, 0.1) is 6.42 Å². The van der Waals surface area contributed by atoms with Crippen LogP contribution >= 0.6 is 0 Å². The van der Waals surface area contributed by atoms with Crippen LogP contribution < -0.4 is 0 Å². The minimum Gasteiger partial charge on any atom is -0.481 e. The maximum absolute atomic E-state index is 11.8. The second-order valence-corrected chi connectivity index (χ2v) is 4.70. The summed E-state index contributed by atoms with van der Waals surface area (Å²) in [5, 5.41) is 8.52. The van der Waals surface area contributed by atoms with Gasteiger partial charge in [0.15, 0.2) is 0 Å². The summed E-state index contributed by atoms with van der Waals surface area (Å²) < 4.78 is 0. The maximum Gasteiger partial charge on any atom is 0.319 e. The van der Waals surface area contributed by atoms with Gasteiger partial charge in [-0.05, 0) is 18.3 Å². The first-order chi connectivity index (χ1) is 7.41. The fourth-order valence-electron chi connectivity index (χ4n) is 1.73. The first-order valence-corrected chi connectivity index (χ1v) is 5.59. The Morgan fingerprint density at radius 3 is 2.31 bits per heavy atom. The minimum absolute atomic E-state index is 0.00406. The molecule has 92 valence electrons. The van der Waals surface area contributed by atoms with Gasteiger partial charge in [-0.25, -0.2) is 4.79 Å². The lowest BCUT2D eigenvalue weighted by Gasteiger charge is -2.24. The number of carbonyl (C=O) groups is 2. The molecule has 0 radical (unpaired) electrons. The van der Waals surface area contributed by atoms with E-state index >= 15 is 0 Å². The number of rotatable bonds is 5. The number of carboxylic acids is 1. The maximum atomic E-state index is 11.8. The fraction of sp³-hybridized carbons (Fsp3) is 0.818. The van der Waals surface area contributed by atoms with E-state index < -0.39 is 5.97 Å². The average molecular weight is 228 g/mol. The highest BCUT2D eigenvalue weighted by Gasteiger charge is 2.34. The minimum atomic E-state index is -0.877. The van der Waals surface area contributed by atoms with E-state index in [-0.39, 0.29) is 19.0 Å². The lowest BCUT2D eigenvalue weighted by Crippen LogP contribution is -2.40. The van der Waals surface area contributed by atoms with Crippen LogP contribution in [-0.2, 0) is 4.79 Å². The van der Waals surface area contributed by atoms with Crippen LogP contribution in [0, 0.1) is 11.8 Å². The van der Waals surface area contributed by atoms with E-state index in [1.165, 1.54) is 11.3 Å². The van der Waals surface area contributed by atoms with Gasteiger partial charge in [0.2, 0.25) is 0 Å². The third-order valence-corrected chi connectivity index (χ3v) is 3.10. The predicted octanol–water partition coefficient (Wildman–Crippen LogP) is 1.10. The Morgan fingerprint density at radius 2 is 1.88 bits per heavy atom. The van der Waals surface area contributed by atoms with Crippen LogP contribution in [0.4, 0.5) is 4.79 Å². The summed E-state index contributed by atoms with van der Waals surface area (Å²) in [6, 6.07) is -0.0969. The van der Waals surface area contributed by atoms with Crippen molar-refractivity contribution in [2.45, 2.75) is 19.8 Å². The van der Waals surface area contributed by atoms with Crippen molar-refractivity contribution in [1.82, 2.24) is 9.80 Å². The van der Waals surface area contributed by atoms with Crippen molar-refractivity contribution in [3.63, 3.8) is 0 Å². The molecule has 0 bridgehead atoms. The van der Waals surface area contributed by atoms with Crippen molar-refractivity contribution in [2.24, 2.45) is 11.8 Å². The molecule has 5 heteroatoms. The molecular formula is C11H20N2O3. The van der Waals surface area contributed by atoms with Crippen molar-refractivity contribution in [3.8, 4) is 0 Å². The Kier molecular flexibility index (Phi) is 4.15. The monoisotopic (exact) mass is 228 g/mol. The standard InChI is InChI=1S/C11H20N2O3/c1-8-6-9(8)7-13(3)11(16)12(2)5-4-10(14)15/h8-9H,4-7H2,1-3H3,(H,14,15). The second-order valence-electron chi connectivity index (χ2n) is 4.70. The molecule has 0 saturated heterocycles. The molecule has 1 N–H and O–H groups in total. The molecule has 2 unspecified atom stereocenters. The topological polar surface area (TPSA) is 60.9 Å². The largest absolute Gasteiger partial charge is 0.481 e. The first kappa shape index (κ1) is 12.8. The van der Waals surface area contributed by atoms with Crippen LogP contribution in [0.15, 0.2) is 0 Å². The third kappa shape index (κ3) is 3.72. The first-order valence-electron chi connectivity index (χ1n) is 5.59. The smallest absolute Gasteiger partial charge is 0.319 e. The van der Waals surface area contributed by atoms with Gasteiger partial charge in [0.1, 0.15) is 0 Å². The quantitative estimate of drug-likeness (QED) is 0.766. The molecule has 1 aliphatic carbocycles. The highest BCUT2D eigenvalue weighted by Crippen LogP contribution is 2.37. The van der Waals surface area contributed by atoms with Crippen LogP contribution in [0.2, 0.25) is 0 Å². The number of hydrogen-bond donors (Lipinski definition) is 1. The van der Waals surface area contributed by atoms with E-state index in [0.717, 1.165) is 12.5 Å². The number of urea groups is 1. The zero-order valence-corrected chi connectivity index (χ0v) is 10.1. The lowest BCUT2D eigenvalue weighted by molar-refractivity contribution is -0.137. The Morgan fingerprint density at radius 1 is 1.31 bits per heavy atom. The molecule has 0 aromatic heterocycles. The van der Waals surface area contributed by atoms with Crippen LogP contribution in [0.5, 0.6) is 0 Å². The molecule has 1 saturated carbocycles. The molecule has 1 fully saturated rings. The Balaban J connectivity index is 2.28. The van der Waals surface area contributed by atoms with Crippen molar-refractivity contribution < 1.29 is 14.7 Å². The molecule has 1 rings (SSSR count). The molecule has 2 amide bonds. The Labute approximate surface area is 96.0 Å². The van der Waals surface area contributed by atoms with Crippen LogP contribution in [0.25, 0.3) is 0 Å². The van der Waals surface area contributed by atoms with Gasteiger partial charge in [-0.1, -0.05) is 6.92 Å². The van der Waals surface area contributed by atoms with Gasteiger partial charge < -0.3 is 14.9 Å². The van der Waals surface area contributed by atoms with E-state index in [9.17, 15) is 9.59 Å². The molecular weight excluding hydrogens is 208 g/mol. The molecule has 0 spiro atoms. The normalized spacial score (nSPS) is 22.7. The highest BCUT2D eigenvalue weighted by atomic mass is 16.4. The van der Waals surface area contributed by atoms with Crippen LogP contribution in [0.3, 0.4) is 0 Å². The van der Waals surface area contributed by atoms with Gasteiger partial charge in [-0.2, -0.15) is 0 Å². The zero-order valence-electron chi connectivity index (χ0n) is 10.1. The SMILES string of the molecule is CC1CC1CN(C)C(=O)N(C)CCC(=O)O. The fourth-order valence-corrected chi connectivity index (χ4v) is 1.73. The van der Waals surface area contributed by atoms with Gasteiger partial charge in [-0.15, -0.1) is 0 Å². The third-order valence-electron chi connectivity index (χ3n) is 3.10. The van der Waals surface area contributed by atoms with Crippen molar-refractivity contribution in [3.05, 3.63) is 0 Å². The summed E-state index contributed by atoms with van der Waals surface area (Å²) in [6.07, 6.45) is 1.19. The number of carbonyl (C=O) groups excluding carboxylic acids is 1. The molecule has 16 heavy (non-hydrogen) atoms.